The van der Waals surface area contributed by atoms with Crippen LogP contribution in [0.15, 0.2) is 16.6 Å². The summed E-state index contributed by atoms with van der Waals surface area (Å²) in [5.74, 6) is -0.536. The summed E-state index contributed by atoms with van der Waals surface area (Å²) in [5.41, 5.74) is 0.270. The molecule has 0 radical (unpaired) electrons. The van der Waals surface area contributed by atoms with Gasteiger partial charge in [0.1, 0.15) is 22.0 Å². The molecular formula is C15H20BrNO5. The Morgan fingerprint density at radius 1 is 1.23 bits per heavy atom. The first-order valence-corrected chi connectivity index (χ1v) is 7.54. The van der Waals surface area contributed by atoms with E-state index in [0.29, 0.717) is 22.4 Å². The van der Waals surface area contributed by atoms with Crippen LogP contribution in [0, 0.1) is 5.92 Å². The van der Waals surface area contributed by atoms with E-state index >= 15 is 0 Å². The first kappa shape index (κ1) is 18.3. The second-order valence-corrected chi connectivity index (χ2v) is 5.98. The molecule has 6 nitrogen and oxygen atoms in total. The van der Waals surface area contributed by atoms with E-state index in [4.69, 9.17) is 9.47 Å². The molecule has 0 saturated heterocycles. The van der Waals surface area contributed by atoms with Gasteiger partial charge in [-0.25, -0.2) is 4.79 Å². The molecule has 0 aliphatic rings. The molecule has 0 saturated carbocycles. The highest BCUT2D eigenvalue weighted by molar-refractivity contribution is 9.10. The van der Waals surface area contributed by atoms with E-state index in [2.05, 4.69) is 21.2 Å². The van der Waals surface area contributed by atoms with E-state index in [-0.39, 0.29) is 11.5 Å². The SMILES string of the molecule is COc1cc(C(=O)N[C@@H](CC(C)C)C(=O)O)cc(OC)c1Br. The number of carbonyl (C=O) groups is 2. The van der Waals surface area contributed by atoms with Crippen molar-refractivity contribution in [2.75, 3.05) is 14.2 Å². The highest BCUT2D eigenvalue weighted by atomic mass is 79.9. The minimum Gasteiger partial charge on any atom is -0.495 e. The number of rotatable bonds is 7. The number of aliphatic carboxylic acids is 1. The molecule has 1 amide bonds. The highest BCUT2D eigenvalue weighted by Crippen LogP contribution is 2.35. The Kier molecular flexibility index (Phi) is 6.67. The fourth-order valence-electron chi connectivity index (χ4n) is 1.93. The lowest BCUT2D eigenvalue weighted by molar-refractivity contribution is -0.139. The topological polar surface area (TPSA) is 84.9 Å². The molecule has 0 unspecified atom stereocenters. The summed E-state index contributed by atoms with van der Waals surface area (Å²) in [6, 6.07) is 2.11. The van der Waals surface area contributed by atoms with Crippen LogP contribution in [0.1, 0.15) is 30.6 Å². The monoisotopic (exact) mass is 373 g/mol. The molecule has 0 fully saturated rings. The van der Waals surface area contributed by atoms with Crippen LogP contribution in [0.3, 0.4) is 0 Å². The molecule has 7 heteroatoms. The zero-order valence-electron chi connectivity index (χ0n) is 13.0. The Hall–Kier alpha value is -1.76. The molecule has 1 rings (SSSR count). The first-order valence-electron chi connectivity index (χ1n) is 6.75. The zero-order valence-corrected chi connectivity index (χ0v) is 14.6. The van der Waals surface area contributed by atoms with Crippen molar-refractivity contribution in [1.29, 1.82) is 0 Å². The Morgan fingerprint density at radius 2 is 1.73 bits per heavy atom. The predicted molar refractivity (Wildman–Crippen MR) is 85.6 cm³/mol. The van der Waals surface area contributed by atoms with Gasteiger partial charge < -0.3 is 19.9 Å². The molecule has 0 aromatic heterocycles. The van der Waals surface area contributed by atoms with Gasteiger partial charge in [0.2, 0.25) is 0 Å². The molecule has 0 aliphatic carbocycles. The molecule has 0 heterocycles. The van der Waals surface area contributed by atoms with Crippen molar-refractivity contribution >= 4 is 27.8 Å². The molecule has 0 spiro atoms. The van der Waals surface area contributed by atoms with Crippen molar-refractivity contribution in [3.05, 3.63) is 22.2 Å². The summed E-state index contributed by atoms with van der Waals surface area (Å²) in [5, 5.41) is 11.7. The molecule has 2 N–H and O–H groups in total. The number of methoxy groups -OCH3 is 2. The van der Waals surface area contributed by atoms with Gasteiger partial charge in [0.25, 0.3) is 5.91 Å². The van der Waals surface area contributed by atoms with Crippen LogP contribution in [0.2, 0.25) is 0 Å². The minimum atomic E-state index is -1.06. The van der Waals surface area contributed by atoms with Crippen LogP contribution >= 0.6 is 15.9 Å². The maximum atomic E-state index is 12.3. The third kappa shape index (κ3) is 4.62. The van der Waals surface area contributed by atoms with Crippen LogP contribution in [0.25, 0.3) is 0 Å². The molecule has 122 valence electrons. The number of hydrogen-bond donors (Lipinski definition) is 2. The maximum absolute atomic E-state index is 12.3. The standard InChI is InChI=1S/C15H20BrNO5/c1-8(2)5-10(15(19)20)17-14(18)9-6-11(21-3)13(16)12(7-9)22-4/h6-8,10H,5H2,1-4H3,(H,17,18)(H,19,20)/t10-/m0/s1. The predicted octanol–water partition coefficient (Wildman–Crippen LogP) is 2.70. The Labute approximate surface area is 137 Å². The van der Waals surface area contributed by atoms with Crippen LogP contribution in [0.5, 0.6) is 11.5 Å². The highest BCUT2D eigenvalue weighted by Gasteiger charge is 2.23. The molecule has 1 aromatic carbocycles. The quantitative estimate of drug-likeness (QED) is 0.767. The van der Waals surface area contributed by atoms with Crippen molar-refractivity contribution in [2.24, 2.45) is 5.92 Å². The summed E-state index contributed by atoms with van der Waals surface area (Å²) in [4.78, 5) is 23.5. The summed E-state index contributed by atoms with van der Waals surface area (Å²) in [6.45, 7) is 3.79. The number of hydrogen-bond acceptors (Lipinski definition) is 4. The number of carbonyl (C=O) groups excluding carboxylic acids is 1. The fourth-order valence-corrected chi connectivity index (χ4v) is 2.49. The van der Waals surface area contributed by atoms with Crippen LogP contribution < -0.4 is 14.8 Å². The maximum Gasteiger partial charge on any atom is 0.326 e. The lowest BCUT2D eigenvalue weighted by Crippen LogP contribution is -2.41. The lowest BCUT2D eigenvalue weighted by atomic mass is 10.0. The number of amides is 1. The van der Waals surface area contributed by atoms with Gasteiger partial charge >= 0.3 is 5.97 Å². The zero-order chi connectivity index (χ0) is 16.9. The molecular weight excluding hydrogens is 354 g/mol. The van der Waals surface area contributed by atoms with Crippen molar-refractivity contribution in [1.82, 2.24) is 5.32 Å². The van der Waals surface area contributed by atoms with Gasteiger partial charge in [0.15, 0.2) is 0 Å². The smallest absolute Gasteiger partial charge is 0.326 e. The summed E-state index contributed by atoms with van der Waals surface area (Å²) in [7, 11) is 2.94. The first-order chi connectivity index (χ1) is 10.3. The number of ether oxygens (including phenoxy) is 2. The third-order valence-corrected chi connectivity index (χ3v) is 3.80. The van der Waals surface area contributed by atoms with E-state index in [0.717, 1.165) is 0 Å². The normalized spacial score (nSPS) is 11.9. The van der Waals surface area contributed by atoms with Gasteiger partial charge in [0.05, 0.1) is 14.2 Å². The molecule has 1 aromatic rings. The number of nitrogens with one attached hydrogen (secondary N) is 1. The van der Waals surface area contributed by atoms with Crippen molar-refractivity contribution < 1.29 is 24.2 Å². The van der Waals surface area contributed by atoms with Gasteiger partial charge in [-0.2, -0.15) is 0 Å². The number of benzene rings is 1. The van der Waals surface area contributed by atoms with Crippen molar-refractivity contribution in [3.63, 3.8) is 0 Å². The van der Waals surface area contributed by atoms with Gasteiger partial charge in [-0.3, -0.25) is 4.79 Å². The van der Waals surface area contributed by atoms with Crippen molar-refractivity contribution in [2.45, 2.75) is 26.3 Å². The molecule has 0 aliphatic heterocycles. The summed E-state index contributed by atoms with van der Waals surface area (Å²) in [6.07, 6.45) is 0.353. The van der Waals surface area contributed by atoms with Gasteiger partial charge in [-0.1, -0.05) is 13.8 Å². The van der Waals surface area contributed by atoms with Crippen molar-refractivity contribution in [3.8, 4) is 11.5 Å². The lowest BCUT2D eigenvalue weighted by Gasteiger charge is -2.17. The molecule has 1 atom stereocenters. The van der Waals surface area contributed by atoms with Crippen LogP contribution in [-0.4, -0.2) is 37.2 Å². The van der Waals surface area contributed by atoms with E-state index in [1.165, 1.54) is 26.4 Å². The number of carboxylic acid groups (broad SMARTS) is 1. The van der Waals surface area contributed by atoms with Gasteiger partial charge in [0, 0.05) is 5.56 Å². The van der Waals surface area contributed by atoms with Gasteiger partial charge in [-0.15, -0.1) is 0 Å². The van der Waals surface area contributed by atoms with E-state index in [9.17, 15) is 14.7 Å². The van der Waals surface area contributed by atoms with E-state index in [1.54, 1.807) is 0 Å². The second kappa shape index (κ2) is 8.03. The van der Waals surface area contributed by atoms with E-state index in [1.807, 2.05) is 13.8 Å². The van der Waals surface area contributed by atoms with Crippen LogP contribution in [0.4, 0.5) is 0 Å². The Bertz CT molecular complexity index is 534. The fraction of sp³-hybridized carbons (Fsp3) is 0.467. The average Bonchev–Trinajstić information content (AvgIpc) is 2.46. The number of carboxylic acids is 1. The largest absolute Gasteiger partial charge is 0.495 e. The van der Waals surface area contributed by atoms with E-state index < -0.39 is 17.9 Å². The summed E-state index contributed by atoms with van der Waals surface area (Å²) >= 11 is 3.32. The summed E-state index contributed by atoms with van der Waals surface area (Å²) < 4.78 is 10.9. The number of halogens is 1. The molecule has 22 heavy (non-hydrogen) atoms. The third-order valence-electron chi connectivity index (χ3n) is 3.02. The second-order valence-electron chi connectivity index (χ2n) is 5.19. The van der Waals surface area contributed by atoms with Gasteiger partial charge in [-0.05, 0) is 40.4 Å². The Morgan fingerprint density at radius 3 is 2.09 bits per heavy atom. The molecule has 0 bridgehead atoms. The minimum absolute atomic E-state index is 0.149. The Balaban J connectivity index is 3.04. The average molecular weight is 374 g/mol. The van der Waals surface area contributed by atoms with Crippen LogP contribution in [-0.2, 0) is 4.79 Å².